The van der Waals surface area contributed by atoms with Gasteiger partial charge in [0, 0.05) is 18.0 Å². The van der Waals surface area contributed by atoms with Crippen molar-refractivity contribution in [2.75, 3.05) is 0 Å². The Morgan fingerprint density at radius 3 is 2.43 bits per heavy atom. The molecule has 14 heavy (non-hydrogen) atoms. The zero-order valence-corrected chi connectivity index (χ0v) is 8.46. The Balaban J connectivity index is 2.20. The van der Waals surface area contributed by atoms with Gasteiger partial charge in [0.15, 0.2) is 0 Å². The van der Waals surface area contributed by atoms with Gasteiger partial charge in [-0.05, 0) is 0 Å². The van der Waals surface area contributed by atoms with Gasteiger partial charge in [-0.25, -0.2) is 13.5 Å². The molecule has 1 aromatic rings. The summed E-state index contributed by atoms with van der Waals surface area (Å²) in [5.74, 6) is -2.58. The summed E-state index contributed by atoms with van der Waals surface area (Å²) >= 11 is 0. The third kappa shape index (κ3) is 1.51. The number of rotatable bonds is 1. The Bertz CT molecular complexity index is 351. The van der Waals surface area contributed by atoms with E-state index in [2.05, 4.69) is 10.3 Å². The summed E-state index contributed by atoms with van der Waals surface area (Å²) in [6.45, 7) is 5.94. The first-order chi connectivity index (χ1) is 6.31. The summed E-state index contributed by atoms with van der Waals surface area (Å²) in [5.41, 5.74) is 0.614. The number of hydrogen-bond acceptors (Lipinski definition) is 2. The highest BCUT2D eigenvalue weighted by Gasteiger charge is 2.59. The van der Waals surface area contributed by atoms with E-state index in [0.717, 1.165) is 5.69 Å². The van der Waals surface area contributed by atoms with E-state index in [9.17, 15) is 8.78 Å². The lowest BCUT2D eigenvalue weighted by molar-refractivity contribution is 0.0979. The van der Waals surface area contributed by atoms with E-state index in [1.54, 1.807) is 6.20 Å². The lowest BCUT2D eigenvalue weighted by Crippen LogP contribution is -2.11. The standard InChI is InChI=1S/C9H13F2N3/c1-8(2,3)6-5-14(13-12-6)7-4-9(7,10)11/h5,7H,4H2,1-3H3. The summed E-state index contributed by atoms with van der Waals surface area (Å²) in [4.78, 5) is 0. The van der Waals surface area contributed by atoms with E-state index in [1.165, 1.54) is 4.68 Å². The normalized spacial score (nSPS) is 25.1. The first-order valence-electron chi connectivity index (χ1n) is 4.61. The van der Waals surface area contributed by atoms with Crippen molar-refractivity contribution in [2.24, 2.45) is 0 Å². The van der Waals surface area contributed by atoms with Crippen LogP contribution in [0, 0.1) is 0 Å². The fourth-order valence-electron chi connectivity index (χ4n) is 1.26. The highest BCUT2D eigenvalue weighted by Crippen LogP contribution is 2.52. The van der Waals surface area contributed by atoms with Crippen LogP contribution in [0.1, 0.15) is 38.9 Å². The van der Waals surface area contributed by atoms with Gasteiger partial charge in [-0.1, -0.05) is 26.0 Å². The molecule has 0 aromatic carbocycles. The second-order valence-electron chi connectivity index (χ2n) is 4.81. The van der Waals surface area contributed by atoms with Crippen molar-refractivity contribution in [2.45, 2.75) is 44.6 Å². The average molecular weight is 201 g/mol. The number of hydrogen-bond donors (Lipinski definition) is 0. The predicted molar refractivity (Wildman–Crippen MR) is 47.3 cm³/mol. The van der Waals surface area contributed by atoms with Gasteiger partial charge in [0.1, 0.15) is 6.04 Å². The third-order valence-electron chi connectivity index (χ3n) is 2.39. The van der Waals surface area contributed by atoms with Gasteiger partial charge in [-0.15, -0.1) is 5.10 Å². The zero-order chi connectivity index (χ0) is 10.6. The molecule has 1 atom stereocenters. The van der Waals surface area contributed by atoms with E-state index in [-0.39, 0.29) is 11.8 Å². The molecular formula is C9H13F2N3. The quantitative estimate of drug-likeness (QED) is 0.697. The Labute approximate surface area is 81.1 Å². The molecule has 1 heterocycles. The van der Waals surface area contributed by atoms with Gasteiger partial charge in [-0.3, -0.25) is 0 Å². The van der Waals surface area contributed by atoms with Gasteiger partial charge in [0.25, 0.3) is 5.92 Å². The lowest BCUT2D eigenvalue weighted by Gasteiger charge is -2.12. The van der Waals surface area contributed by atoms with Gasteiger partial charge >= 0.3 is 0 Å². The van der Waals surface area contributed by atoms with Crippen LogP contribution in [0.2, 0.25) is 0 Å². The molecule has 0 radical (unpaired) electrons. The second-order valence-corrected chi connectivity index (χ2v) is 4.81. The first kappa shape index (κ1) is 9.55. The molecule has 1 aliphatic rings. The number of halogens is 2. The molecule has 0 amide bonds. The lowest BCUT2D eigenvalue weighted by atomic mass is 9.93. The van der Waals surface area contributed by atoms with Gasteiger partial charge in [0.2, 0.25) is 0 Å². The molecule has 1 fully saturated rings. The number of aromatic nitrogens is 3. The van der Waals surface area contributed by atoms with Gasteiger partial charge in [-0.2, -0.15) is 0 Å². The van der Waals surface area contributed by atoms with Crippen molar-refractivity contribution in [3.05, 3.63) is 11.9 Å². The molecule has 0 N–H and O–H groups in total. The smallest absolute Gasteiger partial charge is 0.243 e. The minimum atomic E-state index is -2.58. The van der Waals surface area contributed by atoms with Crippen LogP contribution in [-0.2, 0) is 5.41 Å². The molecule has 3 nitrogen and oxygen atoms in total. The largest absolute Gasteiger partial charge is 0.272 e. The summed E-state index contributed by atoms with van der Waals surface area (Å²) in [5, 5.41) is 7.62. The molecule has 2 rings (SSSR count). The molecule has 78 valence electrons. The van der Waals surface area contributed by atoms with Crippen LogP contribution in [0.4, 0.5) is 8.78 Å². The third-order valence-corrected chi connectivity index (χ3v) is 2.39. The SMILES string of the molecule is CC(C)(C)c1cn(C2CC2(F)F)nn1. The van der Waals surface area contributed by atoms with Crippen molar-refractivity contribution >= 4 is 0 Å². The maximum Gasteiger partial charge on any atom is 0.272 e. The van der Waals surface area contributed by atoms with Crippen molar-refractivity contribution in [1.82, 2.24) is 15.0 Å². The predicted octanol–water partition coefficient (Wildman–Crippen LogP) is 2.16. The maximum atomic E-state index is 12.7. The van der Waals surface area contributed by atoms with Crippen LogP contribution in [0.25, 0.3) is 0 Å². The van der Waals surface area contributed by atoms with Gasteiger partial charge < -0.3 is 0 Å². The summed E-state index contributed by atoms with van der Waals surface area (Å²) in [7, 11) is 0. The monoisotopic (exact) mass is 201 g/mol. The second kappa shape index (κ2) is 2.52. The molecule has 0 bridgehead atoms. The molecule has 0 saturated heterocycles. The molecule has 0 spiro atoms. The van der Waals surface area contributed by atoms with Crippen LogP contribution in [-0.4, -0.2) is 20.9 Å². The zero-order valence-electron chi connectivity index (χ0n) is 8.46. The molecule has 5 heteroatoms. The minimum absolute atomic E-state index is 0.111. The summed E-state index contributed by atoms with van der Waals surface area (Å²) in [6, 6.07) is -0.772. The minimum Gasteiger partial charge on any atom is -0.243 e. The van der Waals surface area contributed by atoms with Gasteiger partial charge in [0.05, 0.1) is 5.69 Å². The van der Waals surface area contributed by atoms with Crippen molar-refractivity contribution in [3.63, 3.8) is 0 Å². The molecule has 1 aromatic heterocycles. The van der Waals surface area contributed by atoms with Crippen LogP contribution < -0.4 is 0 Å². The van der Waals surface area contributed by atoms with E-state index in [1.807, 2.05) is 20.8 Å². The molecule has 1 unspecified atom stereocenters. The average Bonchev–Trinajstić information content (AvgIpc) is 2.48. The highest BCUT2D eigenvalue weighted by molar-refractivity contribution is 5.10. The summed E-state index contributed by atoms with van der Waals surface area (Å²) in [6.07, 6.45) is 1.51. The molecule has 1 saturated carbocycles. The summed E-state index contributed by atoms with van der Waals surface area (Å²) < 4.78 is 26.7. The fraction of sp³-hybridized carbons (Fsp3) is 0.778. The number of alkyl halides is 2. The number of nitrogens with zero attached hydrogens (tertiary/aromatic N) is 3. The topological polar surface area (TPSA) is 30.7 Å². The highest BCUT2D eigenvalue weighted by atomic mass is 19.3. The molecule has 1 aliphatic carbocycles. The first-order valence-corrected chi connectivity index (χ1v) is 4.61. The van der Waals surface area contributed by atoms with E-state index in [4.69, 9.17) is 0 Å². The molecular weight excluding hydrogens is 188 g/mol. The van der Waals surface area contributed by atoms with Crippen molar-refractivity contribution in [3.8, 4) is 0 Å². The Kier molecular flexibility index (Phi) is 1.72. The van der Waals surface area contributed by atoms with E-state index < -0.39 is 12.0 Å². The van der Waals surface area contributed by atoms with Crippen LogP contribution in [0.5, 0.6) is 0 Å². The Hall–Kier alpha value is -1.00. The van der Waals surface area contributed by atoms with Crippen LogP contribution in [0.15, 0.2) is 6.20 Å². The van der Waals surface area contributed by atoms with E-state index >= 15 is 0 Å². The maximum absolute atomic E-state index is 12.7. The van der Waals surface area contributed by atoms with Crippen molar-refractivity contribution in [1.29, 1.82) is 0 Å². The molecule has 0 aliphatic heterocycles. The Morgan fingerprint density at radius 1 is 1.50 bits per heavy atom. The van der Waals surface area contributed by atoms with Crippen LogP contribution >= 0.6 is 0 Å². The Morgan fingerprint density at radius 2 is 2.07 bits per heavy atom. The van der Waals surface area contributed by atoms with E-state index in [0.29, 0.717) is 0 Å². The fourth-order valence-corrected chi connectivity index (χ4v) is 1.26. The van der Waals surface area contributed by atoms with Crippen LogP contribution in [0.3, 0.4) is 0 Å². The van der Waals surface area contributed by atoms with Crippen molar-refractivity contribution < 1.29 is 8.78 Å².